The van der Waals surface area contributed by atoms with Gasteiger partial charge in [-0.3, -0.25) is 0 Å². The molecule has 4 aromatic rings. The Labute approximate surface area is 222 Å². The van der Waals surface area contributed by atoms with Crippen LogP contribution in [0.1, 0.15) is 17.5 Å². The predicted octanol–water partition coefficient (Wildman–Crippen LogP) is 9.76. The average Bonchev–Trinajstić information content (AvgIpc) is 2.88. The zero-order valence-corrected chi connectivity index (χ0v) is 20.5. The van der Waals surface area contributed by atoms with E-state index in [0.29, 0.717) is 17.7 Å². The summed E-state index contributed by atoms with van der Waals surface area (Å²) in [6.07, 6.45) is -1.21. The number of rotatable bonds is 8. The summed E-state index contributed by atoms with van der Waals surface area (Å²) in [6, 6.07) is 10.0. The van der Waals surface area contributed by atoms with Crippen molar-refractivity contribution in [3.63, 3.8) is 0 Å². The van der Waals surface area contributed by atoms with Crippen LogP contribution in [0.3, 0.4) is 0 Å². The fourth-order valence-corrected chi connectivity index (χ4v) is 4.11. The van der Waals surface area contributed by atoms with E-state index in [9.17, 15) is 35.1 Å². The van der Waals surface area contributed by atoms with Gasteiger partial charge in [0, 0.05) is 0 Å². The first kappa shape index (κ1) is 28.2. The highest BCUT2D eigenvalue weighted by molar-refractivity contribution is 6.32. The largest absolute Gasteiger partial charge is 0.427 e. The lowest BCUT2D eigenvalue weighted by atomic mass is 10.0. The molecule has 0 aliphatic rings. The first-order valence-electron chi connectivity index (χ1n) is 11.3. The molecule has 0 N–H and O–H groups in total. The maximum Gasteiger partial charge on any atom is 0.427 e. The van der Waals surface area contributed by atoms with E-state index in [1.807, 2.05) is 12.1 Å². The van der Waals surface area contributed by atoms with Crippen LogP contribution in [0.25, 0.3) is 22.3 Å². The molecular formula is C29H17ClF8O. The van der Waals surface area contributed by atoms with Gasteiger partial charge in [0.25, 0.3) is 0 Å². The molecule has 0 heterocycles. The van der Waals surface area contributed by atoms with Crippen molar-refractivity contribution < 1.29 is 39.9 Å². The molecule has 4 rings (SSSR count). The van der Waals surface area contributed by atoms with Crippen LogP contribution >= 0.6 is 11.6 Å². The molecule has 10 heteroatoms. The standard InChI is InChI=1S/C29H17ClF8O/c1-2-3-4-15-5-7-16(8-6-15)17-9-20(30)28(25(35)10-17)39-29(37,38)19-13-21(31)26(22(32)14-19)18-11-23(33)27(36)24(34)12-18/h2,5-14H,1,3-4H2. The van der Waals surface area contributed by atoms with Crippen LogP contribution in [-0.4, -0.2) is 0 Å². The molecule has 0 aliphatic carbocycles. The summed E-state index contributed by atoms with van der Waals surface area (Å²) >= 11 is 6.03. The van der Waals surface area contributed by atoms with Crippen molar-refractivity contribution in [3.8, 4) is 28.0 Å². The molecule has 0 fully saturated rings. The normalized spacial score (nSPS) is 11.5. The molecule has 0 bridgehead atoms. The minimum atomic E-state index is -4.49. The molecule has 0 aliphatic heterocycles. The molecule has 0 spiro atoms. The van der Waals surface area contributed by atoms with Gasteiger partial charge in [-0.1, -0.05) is 41.9 Å². The fourth-order valence-electron chi connectivity index (χ4n) is 3.86. The predicted molar refractivity (Wildman–Crippen MR) is 132 cm³/mol. The van der Waals surface area contributed by atoms with Crippen LogP contribution in [0.15, 0.2) is 73.3 Å². The van der Waals surface area contributed by atoms with E-state index < -0.39 is 68.5 Å². The number of benzene rings is 4. The fraction of sp³-hybridized carbons (Fsp3) is 0.103. The zero-order chi connectivity index (χ0) is 28.5. The molecule has 0 amide bonds. The Morgan fingerprint density at radius 3 is 1.82 bits per heavy atom. The van der Waals surface area contributed by atoms with Crippen molar-refractivity contribution in [1.29, 1.82) is 0 Å². The van der Waals surface area contributed by atoms with Gasteiger partial charge in [-0.15, -0.1) is 6.58 Å². The van der Waals surface area contributed by atoms with Crippen LogP contribution in [0.4, 0.5) is 35.1 Å². The zero-order valence-electron chi connectivity index (χ0n) is 19.8. The number of hydrogen-bond donors (Lipinski definition) is 0. The van der Waals surface area contributed by atoms with Crippen LogP contribution in [0, 0.1) is 34.9 Å². The Balaban J connectivity index is 1.63. The van der Waals surface area contributed by atoms with Gasteiger partial charge in [-0.25, -0.2) is 26.3 Å². The molecule has 0 saturated heterocycles. The second-order valence-corrected chi connectivity index (χ2v) is 8.89. The van der Waals surface area contributed by atoms with E-state index in [1.165, 1.54) is 6.07 Å². The highest BCUT2D eigenvalue weighted by Gasteiger charge is 2.38. The number of hydrogen-bond acceptors (Lipinski definition) is 1. The number of ether oxygens (including phenoxy) is 1. The van der Waals surface area contributed by atoms with Gasteiger partial charge >= 0.3 is 6.11 Å². The van der Waals surface area contributed by atoms with Crippen LogP contribution in [0.5, 0.6) is 5.75 Å². The molecule has 202 valence electrons. The van der Waals surface area contributed by atoms with E-state index in [-0.39, 0.29) is 17.7 Å². The summed E-state index contributed by atoms with van der Waals surface area (Å²) in [6.45, 7) is 3.65. The van der Waals surface area contributed by atoms with Gasteiger partial charge in [0.2, 0.25) is 0 Å². The maximum absolute atomic E-state index is 14.9. The number of aryl methyl sites for hydroxylation is 1. The first-order valence-corrected chi connectivity index (χ1v) is 11.7. The summed E-state index contributed by atoms with van der Waals surface area (Å²) in [7, 11) is 0. The SMILES string of the molecule is C=CCCc1ccc(-c2cc(F)c(OC(F)(F)c3cc(F)c(-c4cc(F)c(F)c(F)c4)c(F)c3)c(Cl)c2)cc1. The molecule has 4 aromatic carbocycles. The summed E-state index contributed by atoms with van der Waals surface area (Å²) in [5.74, 6) is -11.0. The van der Waals surface area contributed by atoms with E-state index in [0.717, 1.165) is 24.5 Å². The van der Waals surface area contributed by atoms with Gasteiger partial charge in [0.05, 0.1) is 16.1 Å². The highest BCUT2D eigenvalue weighted by Crippen LogP contribution is 2.41. The Kier molecular flexibility index (Phi) is 8.02. The molecular weight excluding hydrogens is 552 g/mol. The lowest BCUT2D eigenvalue weighted by molar-refractivity contribution is -0.187. The molecule has 0 atom stereocenters. The van der Waals surface area contributed by atoms with Crippen molar-refractivity contribution in [2.75, 3.05) is 0 Å². The molecule has 1 nitrogen and oxygen atoms in total. The van der Waals surface area contributed by atoms with Gasteiger partial charge in [0.15, 0.2) is 29.0 Å². The second-order valence-electron chi connectivity index (χ2n) is 8.48. The summed E-state index contributed by atoms with van der Waals surface area (Å²) in [5, 5.41) is -0.532. The Morgan fingerprint density at radius 2 is 1.28 bits per heavy atom. The van der Waals surface area contributed by atoms with Crippen LogP contribution in [-0.2, 0) is 12.5 Å². The highest BCUT2D eigenvalue weighted by atomic mass is 35.5. The summed E-state index contributed by atoms with van der Waals surface area (Å²) in [5.41, 5.74) is -1.41. The first-order chi connectivity index (χ1) is 18.4. The quantitative estimate of drug-likeness (QED) is 0.117. The van der Waals surface area contributed by atoms with E-state index in [2.05, 4.69) is 11.3 Å². The lowest BCUT2D eigenvalue weighted by Gasteiger charge is -2.21. The Bertz CT molecular complexity index is 1480. The smallest absolute Gasteiger partial charge is 0.424 e. The number of halogens is 9. The second kappa shape index (κ2) is 11.1. The third-order valence-electron chi connectivity index (χ3n) is 5.80. The number of allylic oxidation sites excluding steroid dienone is 1. The van der Waals surface area contributed by atoms with Crippen LogP contribution < -0.4 is 4.74 Å². The third kappa shape index (κ3) is 5.93. The van der Waals surface area contributed by atoms with Gasteiger partial charge in [-0.05, 0) is 71.5 Å². The molecule has 39 heavy (non-hydrogen) atoms. The van der Waals surface area contributed by atoms with E-state index in [4.69, 9.17) is 11.6 Å². The molecule has 0 unspecified atom stereocenters. The molecule has 0 saturated carbocycles. The Hall–Kier alpha value is -3.85. The number of alkyl halides is 2. The lowest BCUT2D eigenvalue weighted by Crippen LogP contribution is -2.23. The third-order valence-corrected chi connectivity index (χ3v) is 6.08. The summed E-state index contributed by atoms with van der Waals surface area (Å²) < 4.78 is 119. The minimum Gasteiger partial charge on any atom is -0.424 e. The average molecular weight is 569 g/mol. The van der Waals surface area contributed by atoms with E-state index in [1.54, 1.807) is 18.2 Å². The van der Waals surface area contributed by atoms with Gasteiger partial charge < -0.3 is 4.74 Å². The topological polar surface area (TPSA) is 9.23 Å². The van der Waals surface area contributed by atoms with Crippen molar-refractivity contribution >= 4 is 11.6 Å². The van der Waals surface area contributed by atoms with Crippen molar-refractivity contribution in [2.24, 2.45) is 0 Å². The maximum atomic E-state index is 14.9. The van der Waals surface area contributed by atoms with Crippen molar-refractivity contribution in [2.45, 2.75) is 19.0 Å². The molecule has 0 aromatic heterocycles. The van der Waals surface area contributed by atoms with E-state index >= 15 is 0 Å². The van der Waals surface area contributed by atoms with Crippen LogP contribution in [0.2, 0.25) is 5.02 Å². The summed E-state index contributed by atoms with van der Waals surface area (Å²) in [4.78, 5) is 0. The van der Waals surface area contributed by atoms with Gasteiger partial charge in [0.1, 0.15) is 11.6 Å². The van der Waals surface area contributed by atoms with Crippen molar-refractivity contribution in [3.05, 3.63) is 124 Å². The van der Waals surface area contributed by atoms with Gasteiger partial charge in [-0.2, -0.15) is 8.78 Å². The molecule has 0 radical (unpaired) electrons. The Morgan fingerprint density at radius 1 is 0.718 bits per heavy atom. The van der Waals surface area contributed by atoms with Crippen molar-refractivity contribution in [1.82, 2.24) is 0 Å². The minimum absolute atomic E-state index is 0.145. The monoisotopic (exact) mass is 568 g/mol.